The fraction of sp³-hybridized carbons (Fsp3) is 0.636. The largest absolute Gasteiger partial charge is 0.322 e. The molecule has 5 heteroatoms. The van der Waals surface area contributed by atoms with Gasteiger partial charge in [-0.25, -0.2) is 0 Å². The Morgan fingerprint density at radius 2 is 2.06 bits per heavy atom. The maximum Gasteiger partial charge on any atom is 0.283 e. The first kappa shape index (κ1) is 11.5. The van der Waals surface area contributed by atoms with E-state index in [0.717, 1.165) is 10.6 Å². The molecule has 0 spiro atoms. The molecule has 2 saturated carbocycles. The summed E-state index contributed by atoms with van der Waals surface area (Å²) in [7, 11) is 0. The minimum absolute atomic E-state index is 0.214. The summed E-state index contributed by atoms with van der Waals surface area (Å²) in [5.74, 6) is 7.22. The predicted octanol–water partition coefficient (Wildman–Crippen LogP) is 1.79. The molecule has 3 rings (SSSR count). The van der Waals surface area contributed by atoms with E-state index in [1.807, 2.05) is 13.8 Å². The average molecular weight is 239 g/mol. The number of hydrogen-bond acceptors (Lipinski definition) is 4. The smallest absolute Gasteiger partial charge is 0.283 e. The molecule has 0 bridgehead atoms. The molecular weight excluding hydrogens is 222 g/mol. The predicted molar refractivity (Wildman–Crippen MR) is 66.6 cm³/mol. The summed E-state index contributed by atoms with van der Waals surface area (Å²) in [6.07, 6.45) is 4.70. The van der Waals surface area contributed by atoms with Gasteiger partial charge >= 0.3 is 0 Å². The van der Waals surface area contributed by atoms with Crippen molar-refractivity contribution in [3.05, 3.63) is 10.6 Å². The van der Waals surface area contributed by atoms with Crippen molar-refractivity contribution >= 4 is 22.7 Å². The number of hydrazone groups is 1. The van der Waals surface area contributed by atoms with Crippen LogP contribution in [0, 0.1) is 11.8 Å². The van der Waals surface area contributed by atoms with Gasteiger partial charge in [0.2, 0.25) is 0 Å². The lowest BCUT2D eigenvalue weighted by atomic mass is 10.0. The number of nitrogens with zero attached hydrogens (tertiary/aromatic N) is 1. The summed E-state index contributed by atoms with van der Waals surface area (Å²) in [5.41, 5.74) is 1.06. The van der Waals surface area contributed by atoms with Crippen molar-refractivity contribution in [2.45, 2.75) is 33.1 Å². The maximum atomic E-state index is 10.9. The van der Waals surface area contributed by atoms with Gasteiger partial charge in [0.15, 0.2) is 5.04 Å². The number of hydrogen-bond donors (Lipinski definition) is 2. The zero-order valence-corrected chi connectivity index (χ0v) is 10.4. The molecule has 1 heterocycles. The molecule has 3 N–H and O–H groups in total. The highest BCUT2D eigenvalue weighted by Crippen LogP contribution is 2.55. The maximum absolute atomic E-state index is 10.9. The SMILES string of the molecule is C1CC2CC12.CC(C)=C1NC(=O)C(=NN)S1. The standard InChI is InChI=1S/C6H9N3OS.C5H8/c1-3(2)5-8-4(10)6(9-7)11-5;1-2-5-3-4(1)5/h7H2,1-2H3,(H,8,10);4-5H,1-3H2. The van der Waals surface area contributed by atoms with Gasteiger partial charge < -0.3 is 11.2 Å². The molecule has 4 nitrogen and oxygen atoms in total. The van der Waals surface area contributed by atoms with Crippen LogP contribution in [0.25, 0.3) is 0 Å². The Morgan fingerprint density at radius 3 is 2.25 bits per heavy atom. The fourth-order valence-electron chi connectivity index (χ4n) is 1.82. The van der Waals surface area contributed by atoms with Crippen molar-refractivity contribution in [3.8, 4) is 0 Å². The third kappa shape index (κ3) is 2.40. The molecule has 3 aliphatic rings. The van der Waals surface area contributed by atoms with E-state index >= 15 is 0 Å². The second kappa shape index (κ2) is 4.49. The number of amides is 1. The molecule has 0 radical (unpaired) electrons. The number of rotatable bonds is 0. The van der Waals surface area contributed by atoms with Crippen LogP contribution in [-0.4, -0.2) is 11.0 Å². The normalized spacial score (nSPS) is 32.2. The molecule has 1 aliphatic heterocycles. The van der Waals surface area contributed by atoms with Crippen molar-refractivity contribution in [2.75, 3.05) is 0 Å². The first-order chi connectivity index (χ1) is 7.61. The number of carbonyl (C=O) groups is 1. The molecule has 1 amide bonds. The Bertz CT molecular complexity index is 359. The van der Waals surface area contributed by atoms with E-state index < -0.39 is 0 Å². The van der Waals surface area contributed by atoms with Crippen molar-refractivity contribution in [1.82, 2.24) is 5.32 Å². The van der Waals surface area contributed by atoms with E-state index in [1.165, 1.54) is 23.6 Å². The van der Waals surface area contributed by atoms with Gasteiger partial charge in [0.1, 0.15) is 0 Å². The monoisotopic (exact) mass is 239 g/mol. The van der Waals surface area contributed by atoms with Gasteiger partial charge in [0.25, 0.3) is 5.91 Å². The highest BCUT2D eigenvalue weighted by atomic mass is 32.2. The number of nitrogens with one attached hydrogen (secondary N) is 1. The Morgan fingerprint density at radius 1 is 1.44 bits per heavy atom. The van der Waals surface area contributed by atoms with Crippen LogP contribution >= 0.6 is 11.8 Å². The first-order valence-electron chi connectivity index (χ1n) is 5.56. The van der Waals surface area contributed by atoms with Gasteiger partial charge in [-0.15, -0.1) is 0 Å². The highest BCUT2D eigenvalue weighted by molar-refractivity contribution is 8.19. The van der Waals surface area contributed by atoms with Gasteiger partial charge in [-0.1, -0.05) is 0 Å². The fourth-order valence-corrected chi connectivity index (χ4v) is 2.56. The van der Waals surface area contributed by atoms with Gasteiger partial charge in [-0.05, 0) is 62.3 Å². The minimum atomic E-state index is -0.214. The molecule has 0 aromatic rings. The highest BCUT2D eigenvalue weighted by Gasteiger charge is 2.44. The Labute approximate surface area is 99.7 Å². The third-order valence-corrected chi connectivity index (χ3v) is 4.37. The molecular formula is C11H17N3OS. The van der Waals surface area contributed by atoms with Crippen molar-refractivity contribution in [3.63, 3.8) is 0 Å². The molecule has 16 heavy (non-hydrogen) atoms. The van der Waals surface area contributed by atoms with Crippen LogP contribution in [0.4, 0.5) is 0 Å². The van der Waals surface area contributed by atoms with Gasteiger partial charge in [-0.3, -0.25) is 4.79 Å². The van der Waals surface area contributed by atoms with Gasteiger partial charge in [-0.2, -0.15) is 5.10 Å². The molecule has 88 valence electrons. The average Bonchev–Trinajstić information content (AvgIpc) is 2.65. The third-order valence-electron chi connectivity index (χ3n) is 3.17. The van der Waals surface area contributed by atoms with Crippen molar-refractivity contribution < 1.29 is 4.79 Å². The second-order valence-corrected chi connectivity index (χ2v) is 5.65. The zero-order chi connectivity index (χ0) is 11.7. The Balaban J connectivity index is 0.000000156. The van der Waals surface area contributed by atoms with Crippen LogP contribution in [0.3, 0.4) is 0 Å². The number of nitrogens with two attached hydrogens (primary N) is 1. The number of thioether (sulfide) groups is 1. The quantitative estimate of drug-likeness (QED) is 0.500. The summed E-state index contributed by atoms with van der Waals surface area (Å²) >= 11 is 1.27. The Kier molecular flexibility index (Phi) is 3.23. The van der Waals surface area contributed by atoms with E-state index in [2.05, 4.69) is 10.4 Å². The second-order valence-electron chi connectivity index (χ2n) is 4.65. The molecule has 2 atom stereocenters. The van der Waals surface area contributed by atoms with Crippen LogP contribution in [0.15, 0.2) is 15.7 Å². The summed E-state index contributed by atoms with van der Waals surface area (Å²) in [6.45, 7) is 3.84. The summed E-state index contributed by atoms with van der Waals surface area (Å²) in [5, 5.41) is 7.13. The summed E-state index contributed by atoms with van der Waals surface area (Å²) in [6, 6.07) is 0. The van der Waals surface area contributed by atoms with Crippen LogP contribution in [0.5, 0.6) is 0 Å². The molecule has 2 aliphatic carbocycles. The molecule has 1 saturated heterocycles. The number of fused-ring (bicyclic) bond motifs is 1. The number of carbonyl (C=O) groups excluding carboxylic acids is 1. The van der Waals surface area contributed by atoms with E-state index in [0.29, 0.717) is 5.04 Å². The number of allylic oxidation sites excluding steroid dienone is 1. The summed E-state index contributed by atoms with van der Waals surface area (Å²) in [4.78, 5) is 10.9. The van der Waals surface area contributed by atoms with Crippen LogP contribution in [-0.2, 0) is 4.79 Å². The molecule has 0 aromatic carbocycles. The molecule has 3 fully saturated rings. The molecule has 2 unspecified atom stereocenters. The lowest BCUT2D eigenvalue weighted by molar-refractivity contribution is -0.113. The van der Waals surface area contributed by atoms with Gasteiger partial charge in [0.05, 0.1) is 5.03 Å². The first-order valence-corrected chi connectivity index (χ1v) is 6.38. The topological polar surface area (TPSA) is 67.5 Å². The van der Waals surface area contributed by atoms with Crippen molar-refractivity contribution in [1.29, 1.82) is 0 Å². The lowest BCUT2D eigenvalue weighted by Gasteiger charge is -2.04. The summed E-state index contributed by atoms with van der Waals surface area (Å²) < 4.78 is 0. The lowest BCUT2D eigenvalue weighted by Crippen LogP contribution is -2.19. The minimum Gasteiger partial charge on any atom is -0.322 e. The zero-order valence-electron chi connectivity index (χ0n) is 9.62. The van der Waals surface area contributed by atoms with E-state index in [1.54, 1.807) is 19.3 Å². The van der Waals surface area contributed by atoms with Crippen LogP contribution < -0.4 is 11.2 Å². The van der Waals surface area contributed by atoms with Gasteiger partial charge in [0, 0.05) is 0 Å². The Hall–Kier alpha value is -0.970. The van der Waals surface area contributed by atoms with Crippen LogP contribution in [0.2, 0.25) is 0 Å². The molecule has 0 aromatic heterocycles. The van der Waals surface area contributed by atoms with E-state index in [-0.39, 0.29) is 5.91 Å². The van der Waals surface area contributed by atoms with Crippen LogP contribution in [0.1, 0.15) is 33.1 Å². The van der Waals surface area contributed by atoms with E-state index in [9.17, 15) is 4.79 Å². The van der Waals surface area contributed by atoms with E-state index in [4.69, 9.17) is 5.84 Å². The van der Waals surface area contributed by atoms with Crippen molar-refractivity contribution in [2.24, 2.45) is 22.8 Å².